The molecular weight excluding hydrogens is 503 g/mol. The lowest BCUT2D eigenvalue weighted by Gasteiger charge is -2.35. The number of hydrogen-bond acceptors (Lipinski definition) is 2. The van der Waals surface area contributed by atoms with Gasteiger partial charge in [-0.05, 0) is 55.4 Å². The Balaban J connectivity index is 1.36. The van der Waals surface area contributed by atoms with Crippen molar-refractivity contribution in [2.75, 3.05) is 6.54 Å². The summed E-state index contributed by atoms with van der Waals surface area (Å²) in [6.07, 6.45) is -8.60. The first-order valence-corrected chi connectivity index (χ1v) is 12.2. The van der Waals surface area contributed by atoms with Gasteiger partial charge in [0.25, 0.3) is 5.91 Å². The Morgan fingerprint density at radius 1 is 0.784 bits per heavy atom. The predicted octanol–water partition coefficient (Wildman–Crippen LogP) is 6.90. The highest BCUT2D eigenvalue weighted by Gasteiger charge is 2.73. The average molecular weight is 527 g/mol. The van der Waals surface area contributed by atoms with Crippen LogP contribution in [0.5, 0.6) is 0 Å². The van der Waals surface area contributed by atoms with Crippen molar-refractivity contribution in [2.24, 2.45) is 5.92 Å². The van der Waals surface area contributed by atoms with E-state index in [2.05, 4.69) is 0 Å². The second-order valence-electron chi connectivity index (χ2n) is 10.1. The topological polar surface area (TPSA) is 37.4 Å². The number of likely N-dealkylation sites (tertiary alicyclic amines) is 1. The van der Waals surface area contributed by atoms with Crippen LogP contribution in [0.25, 0.3) is 0 Å². The Bertz CT molecular complexity index is 1200. The van der Waals surface area contributed by atoms with Crippen LogP contribution >= 0.6 is 0 Å². The predicted molar refractivity (Wildman–Crippen MR) is 120 cm³/mol. The summed E-state index contributed by atoms with van der Waals surface area (Å²) >= 11 is 0. The monoisotopic (exact) mass is 527 g/mol. The van der Waals surface area contributed by atoms with Crippen molar-refractivity contribution in [3.63, 3.8) is 0 Å². The average Bonchev–Trinajstić information content (AvgIpc) is 3.24. The number of hydrogen-bond donors (Lipinski definition) is 0. The molecule has 37 heavy (non-hydrogen) atoms. The summed E-state index contributed by atoms with van der Waals surface area (Å²) in [6, 6.07) is 8.61. The molecule has 2 atom stereocenters. The first kappa shape index (κ1) is 25.7. The van der Waals surface area contributed by atoms with Crippen molar-refractivity contribution in [2.45, 2.75) is 68.5 Å². The summed E-state index contributed by atoms with van der Waals surface area (Å²) in [4.78, 5) is 27.3. The van der Waals surface area contributed by atoms with Crippen LogP contribution in [0.3, 0.4) is 0 Å². The van der Waals surface area contributed by atoms with Crippen molar-refractivity contribution in [3.8, 4) is 0 Å². The SMILES string of the molecule is O=C(c1ccc(C(=O)N2CC[C@H]3c4ccc(C(F)(C(F)(F)F)C(F)(F)F)cc4CC[C@H]32)cc1)C1CCC1. The van der Waals surface area contributed by atoms with Gasteiger partial charge < -0.3 is 4.90 Å². The molecule has 1 saturated heterocycles. The molecule has 0 N–H and O–H groups in total. The van der Waals surface area contributed by atoms with Gasteiger partial charge in [0.05, 0.1) is 0 Å². The molecule has 0 bridgehead atoms. The zero-order valence-electron chi connectivity index (χ0n) is 19.6. The lowest BCUT2D eigenvalue weighted by molar-refractivity contribution is -0.348. The number of halogens is 7. The third kappa shape index (κ3) is 4.12. The minimum atomic E-state index is -6.16. The Labute approximate surface area is 208 Å². The molecule has 1 saturated carbocycles. The van der Waals surface area contributed by atoms with Gasteiger partial charge in [-0.25, -0.2) is 4.39 Å². The highest BCUT2D eigenvalue weighted by Crippen LogP contribution is 2.54. The maximum absolute atomic E-state index is 14.6. The smallest absolute Gasteiger partial charge is 0.335 e. The Kier molecular flexibility index (Phi) is 6.15. The standard InChI is InChI=1S/C27H24F7NO2/c28-25(26(29,30)31,27(32,33)34)19-9-10-20-18(14-19)8-11-22-21(20)12-13-35(22)24(37)17-6-4-16(5-7-17)23(36)15-2-1-3-15/h4-7,9-10,14-15,21-22H,1-3,8,11-13H2/t21-,22+/m0/s1. The number of carbonyl (C=O) groups is 2. The van der Waals surface area contributed by atoms with E-state index < -0.39 is 23.6 Å². The molecular formula is C27H24F7NO2. The number of alkyl halides is 7. The number of fused-ring (bicyclic) bond motifs is 3. The first-order chi connectivity index (χ1) is 17.3. The molecule has 3 nitrogen and oxygen atoms in total. The molecule has 1 heterocycles. The molecule has 2 fully saturated rings. The maximum atomic E-state index is 14.6. The van der Waals surface area contributed by atoms with E-state index in [1.54, 1.807) is 29.2 Å². The number of amides is 1. The van der Waals surface area contributed by atoms with Crippen molar-refractivity contribution in [3.05, 3.63) is 70.3 Å². The molecule has 2 aromatic rings. The largest absolute Gasteiger partial charge is 0.435 e. The number of carbonyl (C=O) groups excluding carboxylic acids is 2. The third-order valence-electron chi connectivity index (χ3n) is 8.13. The van der Waals surface area contributed by atoms with Crippen molar-refractivity contribution < 1.29 is 40.3 Å². The van der Waals surface area contributed by atoms with Gasteiger partial charge in [0.15, 0.2) is 5.78 Å². The number of aryl methyl sites for hydroxylation is 1. The van der Waals surface area contributed by atoms with Gasteiger partial charge in [-0.1, -0.05) is 36.8 Å². The van der Waals surface area contributed by atoms with Gasteiger partial charge in [0.1, 0.15) is 0 Å². The molecule has 3 aliphatic rings. The number of Topliss-reactive ketones (excluding diaryl/α,β-unsaturated/α-hetero) is 1. The summed E-state index contributed by atoms with van der Waals surface area (Å²) in [6.45, 7) is 0.371. The van der Waals surface area contributed by atoms with Gasteiger partial charge in [-0.2, -0.15) is 26.3 Å². The second-order valence-corrected chi connectivity index (χ2v) is 10.1. The van der Waals surface area contributed by atoms with Crippen LogP contribution in [0, 0.1) is 5.92 Å². The van der Waals surface area contributed by atoms with Gasteiger partial charge in [-0.3, -0.25) is 9.59 Å². The van der Waals surface area contributed by atoms with E-state index in [1.807, 2.05) is 0 Å². The summed E-state index contributed by atoms with van der Waals surface area (Å²) in [5.74, 6) is -0.402. The van der Waals surface area contributed by atoms with Gasteiger partial charge in [-0.15, -0.1) is 0 Å². The van der Waals surface area contributed by atoms with Crippen LogP contribution < -0.4 is 0 Å². The number of ketones is 1. The molecule has 1 aliphatic heterocycles. The Hall–Kier alpha value is -2.91. The summed E-state index contributed by atoms with van der Waals surface area (Å²) in [5.41, 5.74) is -5.19. The van der Waals surface area contributed by atoms with E-state index in [1.165, 1.54) is 0 Å². The van der Waals surface area contributed by atoms with E-state index in [0.717, 1.165) is 25.3 Å². The van der Waals surface area contributed by atoms with Gasteiger partial charge >= 0.3 is 18.0 Å². The molecule has 1 amide bonds. The fourth-order valence-corrected chi connectivity index (χ4v) is 5.86. The zero-order chi connectivity index (χ0) is 26.8. The van der Waals surface area contributed by atoms with E-state index >= 15 is 0 Å². The van der Waals surface area contributed by atoms with E-state index in [9.17, 15) is 40.3 Å². The molecule has 5 rings (SSSR count). The quantitative estimate of drug-likeness (QED) is 0.320. The van der Waals surface area contributed by atoms with Crippen LogP contribution in [0.2, 0.25) is 0 Å². The van der Waals surface area contributed by atoms with E-state index in [0.29, 0.717) is 48.2 Å². The highest BCUT2D eigenvalue weighted by molar-refractivity contribution is 6.00. The normalized spacial score (nSPS) is 22.3. The van der Waals surface area contributed by atoms with Crippen molar-refractivity contribution in [1.29, 1.82) is 0 Å². The van der Waals surface area contributed by atoms with Crippen LogP contribution in [0.15, 0.2) is 42.5 Å². The molecule has 10 heteroatoms. The van der Waals surface area contributed by atoms with Crippen LogP contribution in [-0.4, -0.2) is 41.5 Å². The van der Waals surface area contributed by atoms with E-state index in [-0.39, 0.29) is 41.6 Å². The molecule has 0 unspecified atom stereocenters. The zero-order valence-corrected chi connectivity index (χ0v) is 19.6. The lowest BCUT2D eigenvalue weighted by Crippen LogP contribution is -2.50. The third-order valence-corrected chi connectivity index (χ3v) is 8.13. The number of nitrogens with zero attached hydrogens (tertiary/aromatic N) is 1. The molecule has 2 aromatic carbocycles. The molecule has 198 valence electrons. The second kappa shape index (κ2) is 8.84. The molecule has 2 aliphatic carbocycles. The summed E-state index contributed by atoms with van der Waals surface area (Å²) < 4.78 is 93.8. The molecule has 0 aromatic heterocycles. The van der Waals surface area contributed by atoms with Gasteiger partial charge in [0, 0.05) is 41.1 Å². The Morgan fingerprint density at radius 2 is 1.41 bits per heavy atom. The van der Waals surface area contributed by atoms with Crippen LogP contribution in [0.1, 0.15) is 75.4 Å². The first-order valence-electron chi connectivity index (χ1n) is 12.2. The maximum Gasteiger partial charge on any atom is 0.435 e. The molecule has 0 radical (unpaired) electrons. The number of benzene rings is 2. The number of rotatable bonds is 4. The minimum Gasteiger partial charge on any atom is -0.335 e. The Morgan fingerprint density at radius 3 is 1.97 bits per heavy atom. The lowest BCUT2D eigenvalue weighted by atomic mass is 9.77. The van der Waals surface area contributed by atoms with Crippen molar-refractivity contribution >= 4 is 11.7 Å². The summed E-state index contributed by atoms with van der Waals surface area (Å²) in [5, 5.41) is 0. The van der Waals surface area contributed by atoms with Crippen LogP contribution in [-0.2, 0) is 12.1 Å². The van der Waals surface area contributed by atoms with E-state index in [4.69, 9.17) is 0 Å². The fraction of sp³-hybridized carbons (Fsp3) is 0.481. The van der Waals surface area contributed by atoms with Crippen LogP contribution in [0.4, 0.5) is 30.7 Å². The highest BCUT2D eigenvalue weighted by atomic mass is 19.4. The van der Waals surface area contributed by atoms with Crippen molar-refractivity contribution in [1.82, 2.24) is 4.90 Å². The van der Waals surface area contributed by atoms with Gasteiger partial charge in [0.2, 0.25) is 0 Å². The summed E-state index contributed by atoms with van der Waals surface area (Å²) in [7, 11) is 0. The fourth-order valence-electron chi connectivity index (χ4n) is 5.86. The molecule has 0 spiro atoms. The minimum absolute atomic E-state index is 0.0403.